The Kier molecular flexibility index (Phi) is 42.4. The number of ketones is 1. The predicted octanol–water partition coefficient (Wildman–Crippen LogP) is 8.68. The van der Waals surface area contributed by atoms with Crippen molar-refractivity contribution in [3.05, 3.63) is 126 Å². The fraction of sp³-hybridized carbons (Fsp3) is 0.148. The zero-order valence-corrected chi connectivity index (χ0v) is 72.7. The van der Waals surface area contributed by atoms with Gasteiger partial charge in [-0.15, -0.1) is 19.3 Å². The van der Waals surface area contributed by atoms with Crippen molar-refractivity contribution in [3.8, 4) is 422 Å². The molecule has 3 heterocycles. The fourth-order valence-corrected chi connectivity index (χ4v) is 11.2. The van der Waals surface area contributed by atoms with Gasteiger partial charge in [-0.3, -0.25) is 14.2 Å². The molecule has 7 rings (SSSR count). The first-order valence-electron chi connectivity index (χ1n) is 38.0. The standard InChI is InChI=1S/C115H55N5O12Si/c1-12-15-18-21-24-27-30-33-36-39-42-45-48-51-54-57-60-63-66-72-87-126-102-90-96(91-103(127-88-73-67-64-61-58-55-52-49-46-43-40-37-34-31-28-25-22-19-16-13-2)107(102)128-89-74-68-65-62-59-56-53-50-47-44-41-38-35-32-29-26-23-20-17-14-3)112(123)119-110-106-111(117-93-116-110)120(94-118-106)113-109(132-133(10,11)114(5,6)7)108(131-105(122)86-77-95(4)121)104(130-113)92-129-115(97-75-70-69-71-76-97,98-78-82-100(124-8)83-79-98)99-80-84-101(125-9)85-81-99/h1-3,69-71,75-76,78-85,90-91,93-94,104,108-109,113H,77,86,92H2,4-11H3,(H,116,117,119,123)/t104-,108+,109?,113-/m1/s1. The maximum atomic E-state index is 15.1. The van der Waals surface area contributed by atoms with Gasteiger partial charge >= 0.3 is 5.97 Å². The number of esters is 1. The lowest BCUT2D eigenvalue weighted by atomic mass is 9.80. The van der Waals surface area contributed by atoms with Crippen LogP contribution in [-0.4, -0.2) is 84.6 Å². The second-order valence-electron chi connectivity index (χ2n) is 25.9. The number of nitrogens with one attached hydrogen (secondary N) is 1. The van der Waals surface area contributed by atoms with Crippen LogP contribution in [0.25, 0.3) is 11.2 Å². The molecule has 1 unspecified atom stereocenters. The molecule has 133 heavy (non-hydrogen) atoms. The number of Topliss-reactive ketones (excluding diaryl/α,β-unsaturated/α-hetero) is 1. The molecule has 1 aliphatic rings. The molecule has 0 aliphatic carbocycles. The lowest BCUT2D eigenvalue weighted by Gasteiger charge is -2.40. The first-order valence-corrected chi connectivity index (χ1v) is 40.9. The minimum Gasteiger partial charge on any atom is -0.497 e. The van der Waals surface area contributed by atoms with E-state index in [0.29, 0.717) is 22.6 Å². The van der Waals surface area contributed by atoms with Crippen LogP contribution in [0.3, 0.4) is 0 Å². The van der Waals surface area contributed by atoms with E-state index < -0.39 is 55.4 Å². The molecule has 18 heteroatoms. The zero-order valence-electron chi connectivity index (χ0n) is 71.7. The van der Waals surface area contributed by atoms with Crippen LogP contribution >= 0.6 is 0 Å². The molecular weight excluding hydrogens is 1670 g/mol. The molecule has 6 aromatic rings. The number of hydrogen-bond acceptors (Lipinski definition) is 15. The van der Waals surface area contributed by atoms with E-state index in [1.165, 1.54) is 31.7 Å². The van der Waals surface area contributed by atoms with Gasteiger partial charge in [-0.25, -0.2) is 15.0 Å². The van der Waals surface area contributed by atoms with E-state index in [2.05, 4.69) is 405 Å². The quantitative estimate of drug-likeness (QED) is 0.0330. The first-order chi connectivity index (χ1) is 65.0. The SMILES string of the molecule is C#CC#CC#CC#CC#CC#CC#CC#CC#CC#CC#COc1cc(C(=O)Nc2ncnc3c2ncn3[C@@H]2O[C@H](COC(c3ccccc3)(c3ccc(OC)cc3)c3ccc(OC)cc3)[C@H](OC(=O)CCC(C)=O)C2O[Si](C)(C)C(C)(C)C)cc(OC#CC#CC#CC#CC#CC#CC#CC#CC#CC#CC#C)c1OC#CC#CC#CC#CC#CC#CC#CC#CC#CC#CC#C. The van der Waals surface area contributed by atoms with Gasteiger partial charge in [-0.05, 0) is 220 Å². The average Bonchev–Trinajstić information content (AvgIpc) is 1.74. The van der Waals surface area contributed by atoms with Crippen LogP contribution in [0.1, 0.15) is 73.8 Å². The molecule has 1 saturated heterocycles. The number of methoxy groups -OCH3 is 2. The minimum absolute atomic E-state index is 0.0494. The Morgan fingerprint density at radius 1 is 0.436 bits per heavy atom. The van der Waals surface area contributed by atoms with E-state index in [-0.39, 0.29) is 65.0 Å². The van der Waals surface area contributed by atoms with Crippen molar-refractivity contribution in [3.63, 3.8) is 0 Å². The van der Waals surface area contributed by atoms with Crippen molar-refractivity contribution in [1.29, 1.82) is 0 Å². The second kappa shape index (κ2) is 57.1. The number of anilines is 1. The average molecular weight is 1730 g/mol. The summed E-state index contributed by atoms with van der Waals surface area (Å²) in [6, 6.07) is 27.0. The molecule has 616 valence electrons. The van der Waals surface area contributed by atoms with Crippen LogP contribution in [-0.2, 0) is 33.8 Å². The number of hydrogen-bond donors (Lipinski definition) is 1. The summed E-state index contributed by atoms with van der Waals surface area (Å²) < 4.78 is 59.2. The molecule has 0 bridgehead atoms. The monoisotopic (exact) mass is 1730 g/mol. The van der Waals surface area contributed by atoms with E-state index in [4.69, 9.17) is 71.6 Å². The third-order valence-corrected chi connectivity index (χ3v) is 20.9. The summed E-state index contributed by atoms with van der Waals surface area (Å²) in [5.41, 5.74) is 0.728. The summed E-state index contributed by atoms with van der Waals surface area (Å²) in [7, 11) is 0.221. The van der Waals surface area contributed by atoms with Gasteiger partial charge in [0.15, 0.2) is 49.1 Å². The Labute approximate surface area is 776 Å². The first kappa shape index (κ1) is 98.7. The fourth-order valence-electron chi connectivity index (χ4n) is 9.91. The number of terminal acetylenes is 3. The van der Waals surface area contributed by atoms with Crippen molar-refractivity contribution in [2.45, 2.75) is 88.8 Å². The Bertz CT molecular complexity index is 7710. The number of carbonyl (C=O) groups excluding carboxylic acids is 3. The third kappa shape index (κ3) is 34.8. The van der Waals surface area contributed by atoms with Crippen molar-refractivity contribution in [1.82, 2.24) is 19.5 Å². The van der Waals surface area contributed by atoms with Crippen molar-refractivity contribution < 1.29 is 56.7 Å². The van der Waals surface area contributed by atoms with Crippen LogP contribution in [0.2, 0.25) is 18.1 Å². The Morgan fingerprint density at radius 3 is 1.13 bits per heavy atom. The summed E-state index contributed by atoms with van der Waals surface area (Å²) in [5.74, 6) is 147. The lowest BCUT2D eigenvalue weighted by Crippen LogP contribution is -2.50. The van der Waals surface area contributed by atoms with Gasteiger partial charge in [0.1, 0.15) is 59.7 Å². The van der Waals surface area contributed by atoms with E-state index in [0.717, 1.165) is 5.56 Å². The summed E-state index contributed by atoms with van der Waals surface area (Å²) in [4.78, 5) is 55.8. The number of benzene rings is 4. The molecule has 1 fully saturated rings. The number of amides is 1. The maximum absolute atomic E-state index is 15.1. The molecule has 0 saturated carbocycles. The van der Waals surface area contributed by atoms with Crippen molar-refractivity contribution in [2.24, 2.45) is 0 Å². The summed E-state index contributed by atoms with van der Waals surface area (Å²) >= 11 is 0. The number of aromatic nitrogens is 4. The predicted molar refractivity (Wildman–Crippen MR) is 505 cm³/mol. The number of rotatable bonds is 20. The van der Waals surface area contributed by atoms with Crippen LogP contribution < -0.4 is 29.0 Å². The highest BCUT2D eigenvalue weighted by atomic mass is 28.4. The Balaban J connectivity index is 1.31. The van der Waals surface area contributed by atoms with Crippen LogP contribution in [0.15, 0.2) is 104 Å². The highest BCUT2D eigenvalue weighted by Crippen LogP contribution is 2.47. The largest absolute Gasteiger partial charge is 0.497 e. The Hall–Kier alpha value is -21.4. The zero-order chi connectivity index (χ0) is 94.9. The Morgan fingerprint density at radius 2 is 0.782 bits per heavy atom. The molecule has 4 atom stereocenters. The van der Waals surface area contributed by atoms with E-state index >= 15 is 4.79 Å². The number of nitrogens with zero attached hydrogens (tertiary/aromatic N) is 4. The number of carbonyl (C=O) groups is 3. The summed E-state index contributed by atoms with van der Waals surface area (Å²) in [6.45, 7) is 11.4. The normalized spacial score (nSPS) is 10.9. The van der Waals surface area contributed by atoms with Gasteiger partial charge in [0, 0.05) is 225 Å². The van der Waals surface area contributed by atoms with Crippen molar-refractivity contribution >= 4 is 43.0 Å². The second-order valence-corrected chi connectivity index (χ2v) is 30.6. The molecule has 0 radical (unpaired) electrons. The topological polar surface area (TPSA) is 190 Å². The molecule has 1 aliphatic heterocycles. The molecule has 2 aromatic heterocycles. The number of fused-ring (bicyclic) bond motifs is 1. The minimum atomic E-state index is -2.93. The van der Waals surface area contributed by atoms with E-state index in [1.807, 2.05) is 92.0 Å². The van der Waals surface area contributed by atoms with Gasteiger partial charge in [0.05, 0.1) is 33.6 Å². The maximum Gasteiger partial charge on any atom is 0.306 e. The smallest absolute Gasteiger partial charge is 0.306 e. The van der Waals surface area contributed by atoms with E-state index in [1.54, 1.807) is 18.8 Å². The number of ether oxygens (including phenoxy) is 8. The highest BCUT2D eigenvalue weighted by Gasteiger charge is 2.54. The molecule has 1 N–H and O–H groups in total. The van der Waals surface area contributed by atoms with Gasteiger partial charge in [-0.2, -0.15) is 0 Å². The van der Waals surface area contributed by atoms with E-state index in [9.17, 15) is 9.59 Å². The van der Waals surface area contributed by atoms with Gasteiger partial charge in [0.25, 0.3) is 5.91 Å². The molecule has 1 amide bonds. The van der Waals surface area contributed by atoms with Gasteiger partial charge < -0.3 is 52.4 Å². The molecule has 17 nitrogen and oxygen atoms in total. The summed E-state index contributed by atoms with van der Waals surface area (Å²) in [5, 5.41) is 2.40. The highest BCUT2D eigenvalue weighted by molar-refractivity contribution is 6.74. The lowest BCUT2D eigenvalue weighted by molar-refractivity contribution is -0.159. The van der Waals surface area contributed by atoms with Gasteiger partial charge in [0.2, 0.25) is 5.75 Å². The number of imidazole rings is 1. The molecule has 4 aromatic carbocycles. The molecular formula is C115H55N5O12Si. The summed E-state index contributed by atoms with van der Waals surface area (Å²) in [6.07, 6.45) is 20.1. The van der Waals surface area contributed by atoms with Crippen LogP contribution in [0.5, 0.6) is 28.7 Å². The molecule has 0 spiro atoms. The van der Waals surface area contributed by atoms with Crippen LogP contribution in [0, 0.1) is 393 Å². The third-order valence-electron chi connectivity index (χ3n) is 16.5. The van der Waals surface area contributed by atoms with Crippen LogP contribution in [0.4, 0.5) is 5.82 Å². The van der Waals surface area contributed by atoms with Crippen molar-refractivity contribution in [2.75, 3.05) is 26.1 Å². The van der Waals surface area contributed by atoms with Gasteiger partial charge in [-0.1, -0.05) is 75.4 Å².